The summed E-state index contributed by atoms with van der Waals surface area (Å²) in [7, 11) is 8.49. The highest BCUT2D eigenvalue weighted by atomic mass is 16.4. The topological polar surface area (TPSA) is 71.4 Å². The highest BCUT2D eigenvalue weighted by molar-refractivity contribution is 6.25. The quantitative estimate of drug-likeness (QED) is 0.219. The summed E-state index contributed by atoms with van der Waals surface area (Å²) >= 11 is 0. The number of rotatable bonds is 13. The predicted octanol–water partition coefficient (Wildman–Crippen LogP) is 0.158. The van der Waals surface area contributed by atoms with E-state index in [0.29, 0.717) is 6.54 Å². The van der Waals surface area contributed by atoms with Gasteiger partial charge in [0.2, 0.25) is 0 Å². The third kappa shape index (κ3) is 13.8. The minimum atomic E-state index is -0.357. The van der Waals surface area contributed by atoms with Crippen LogP contribution in [0.25, 0.3) is 0 Å². The molecular weight excluding hydrogens is 282 g/mol. The van der Waals surface area contributed by atoms with Gasteiger partial charge in [-0.2, -0.15) is 0 Å². The van der Waals surface area contributed by atoms with Crippen molar-refractivity contribution in [1.82, 2.24) is 20.0 Å². The van der Waals surface area contributed by atoms with E-state index >= 15 is 0 Å². The van der Waals surface area contributed by atoms with Crippen molar-refractivity contribution in [3.63, 3.8) is 0 Å². The Morgan fingerprint density at radius 3 is 1.95 bits per heavy atom. The van der Waals surface area contributed by atoms with Crippen LogP contribution in [0.5, 0.6) is 0 Å². The van der Waals surface area contributed by atoms with Gasteiger partial charge < -0.3 is 25.2 Å². The lowest BCUT2D eigenvalue weighted by Gasteiger charge is -2.21. The number of nitrogens with one attached hydrogen (secondary N) is 1. The average molecular weight is 315 g/mol. The number of hydrogen-bond donors (Lipinski definition) is 2. The van der Waals surface area contributed by atoms with Crippen molar-refractivity contribution < 1.29 is 10.0 Å². The van der Waals surface area contributed by atoms with Crippen LogP contribution in [-0.2, 0) is 4.79 Å². The number of hydrogen-bond acceptors (Lipinski definition) is 6. The Hall–Kier alpha value is -1.18. The first-order chi connectivity index (χ1) is 10.5. The summed E-state index contributed by atoms with van der Waals surface area (Å²) in [6.07, 6.45) is 4.12. The third-order valence-corrected chi connectivity index (χ3v) is 3.42. The molecule has 2 N–H and O–H groups in total. The maximum absolute atomic E-state index is 11.0. The van der Waals surface area contributed by atoms with Gasteiger partial charge in [-0.25, -0.2) is 0 Å². The fourth-order valence-corrected chi connectivity index (χ4v) is 2.15. The second-order valence-electron chi connectivity index (χ2n) is 6.01. The first kappa shape index (κ1) is 20.8. The zero-order valence-corrected chi connectivity index (χ0v) is 14.6. The van der Waals surface area contributed by atoms with Crippen molar-refractivity contribution in [2.24, 2.45) is 5.16 Å². The number of oxime groups is 1. The Labute approximate surface area is 134 Å². The van der Waals surface area contributed by atoms with Crippen molar-refractivity contribution >= 4 is 12.1 Å². The summed E-state index contributed by atoms with van der Waals surface area (Å²) in [6.45, 7) is 5.99. The van der Waals surface area contributed by atoms with E-state index in [1.54, 1.807) is 0 Å². The SMILES string of the molecule is CN(C)CCCN(C)CCCN(C)CCCNC(=O)C=NO. The minimum absolute atomic E-state index is 0.357. The van der Waals surface area contributed by atoms with E-state index in [-0.39, 0.29) is 5.91 Å². The highest BCUT2D eigenvalue weighted by Crippen LogP contribution is 1.95. The van der Waals surface area contributed by atoms with E-state index in [1.165, 1.54) is 6.42 Å². The largest absolute Gasteiger partial charge is 0.411 e. The Morgan fingerprint density at radius 2 is 1.45 bits per heavy atom. The van der Waals surface area contributed by atoms with Crippen molar-refractivity contribution in [2.45, 2.75) is 19.3 Å². The van der Waals surface area contributed by atoms with Gasteiger partial charge in [0.1, 0.15) is 6.21 Å². The summed E-state index contributed by atoms with van der Waals surface area (Å²) in [5, 5.41) is 13.5. The molecule has 0 aromatic carbocycles. The molecule has 0 heterocycles. The number of amides is 1. The van der Waals surface area contributed by atoms with Crippen LogP contribution < -0.4 is 5.32 Å². The lowest BCUT2D eigenvalue weighted by atomic mass is 10.3. The summed E-state index contributed by atoms with van der Waals surface area (Å²) in [6, 6.07) is 0. The molecule has 22 heavy (non-hydrogen) atoms. The fraction of sp³-hybridized carbons (Fsp3) is 0.867. The van der Waals surface area contributed by atoms with E-state index < -0.39 is 0 Å². The van der Waals surface area contributed by atoms with E-state index in [4.69, 9.17) is 5.21 Å². The van der Waals surface area contributed by atoms with Gasteiger partial charge >= 0.3 is 0 Å². The molecule has 7 heteroatoms. The lowest BCUT2D eigenvalue weighted by Crippen LogP contribution is -2.30. The maximum atomic E-state index is 11.0. The first-order valence-electron chi connectivity index (χ1n) is 7.92. The molecule has 0 fully saturated rings. The Bertz CT molecular complexity index is 310. The number of nitrogens with zero attached hydrogens (tertiary/aromatic N) is 4. The molecule has 0 aromatic heterocycles. The van der Waals surface area contributed by atoms with E-state index in [1.807, 2.05) is 0 Å². The molecule has 0 bridgehead atoms. The summed E-state index contributed by atoms with van der Waals surface area (Å²) in [5.74, 6) is -0.357. The van der Waals surface area contributed by atoms with Crippen molar-refractivity contribution in [1.29, 1.82) is 0 Å². The van der Waals surface area contributed by atoms with Gasteiger partial charge in [0.15, 0.2) is 0 Å². The van der Waals surface area contributed by atoms with Crippen molar-refractivity contribution in [3.05, 3.63) is 0 Å². The lowest BCUT2D eigenvalue weighted by molar-refractivity contribution is -0.114. The van der Waals surface area contributed by atoms with Crippen LogP contribution >= 0.6 is 0 Å². The molecule has 7 nitrogen and oxygen atoms in total. The molecule has 0 aliphatic heterocycles. The smallest absolute Gasteiger partial charge is 0.265 e. The standard InChI is InChI=1S/C15H33N5O2/c1-18(2)9-6-11-20(4)13-7-12-19(3)10-5-8-16-15(21)14-17-22/h14,22H,5-13H2,1-4H3,(H,16,21). The molecule has 130 valence electrons. The summed E-state index contributed by atoms with van der Waals surface area (Å²) in [4.78, 5) is 17.9. The molecule has 0 unspecified atom stereocenters. The molecule has 0 rings (SSSR count). The molecule has 0 atom stereocenters. The normalized spacial score (nSPS) is 12.0. The maximum Gasteiger partial charge on any atom is 0.265 e. The zero-order chi connectivity index (χ0) is 16.8. The van der Waals surface area contributed by atoms with Gasteiger partial charge in [0.25, 0.3) is 5.91 Å². The third-order valence-electron chi connectivity index (χ3n) is 3.42. The second-order valence-corrected chi connectivity index (χ2v) is 6.01. The van der Waals surface area contributed by atoms with Gasteiger partial charge in [-0.3, -0.25) is 4.79 Å². The van der Waals surface area contributed by atoms with Crippen molar-refractivity contribution in [3.8, 4) is 0 Å². The molecule has 0 aliphatic rings. The van der Waals surface area contributed by atoms with Gasteiger partial charge in [-0.05, 0) is 80.2 Å². The van der Waals surface area contributed by atoms with E-state index in [0.717, 1.165) is 51.8 Å². The van der Waals surface area contributed by atoms with Crippen LogP contribution in [0.2, 0.25) is 0 Å². The average Bonchev–Trinajstić information content (AvgIpc) is 2.43. The highest BCUT2D eigenvalue weighted by Gasteiger charge is 2.02. The molecular formula is C15H33N5O2. The molecule has 0 spiro atoms. The minimum Gasteiger partial charge on any atom is -0.411 e. The van der Waals surface area contributed by atoms with Crippen LogP contribution in [0.4, 0.5) is 0 Å². The molecule has 0 aliphatic carbocycles. The Kier molecular flexibility index (Phi) is 12.8. The van der Waals surface area contributed by atoms with Gasteiger partial charge in [-0.1, -0.05) is 5.16 Å². The Morgan fingerprint density at radius 1 is 0.955 bits per heavy atom. The van der Waals surface area contributed by atoms with Crippen LogP contribution in [0.3, 0.4) is 0 Å². The summed E-state index contributed by atoms with van der Waals surface area (Å²) in [5.41, 5.74) is 0. The zero-order valence-electron chi connectivity index (χ0n) is 14.6. The van der Waals surface area contributed by atoms with Crippen LogP contribution in [0.15, 0.2) is 5.16 Å². The van der Waals surface area contributed by atoms with Crippen molar-refractivity contribution in [2.75, 3.05) is 67.5 Å². The molecule has 1 amide bonds. The predicted molar refractivity (Wildman–Crippen MR) is 90.7 cm³/mol. The molecule has 0 aromatic rings. The van der Waals surface area contributed by atoms with Gasteiger partial charge in [0.05, 0.1) is 0 Å². The first-order valence-corrected chi connectivity index (χ1v) is 7.92. The number of carbonyl (C=O) groups is 1. The molecule has 0 saturated carbocycles. The van der Waals surface area contributed by atoms with Crippen LogP contribution in [0, 0.1) is 0 Å². The fourth-order valence-electron chi connectivity index (χ4n) is 2.15. The van der Waals surface area contributed by atoms with Crippen LogP contribution in [0.1, 0.15) is 19.3 Å². The van der Waals surface area contributed by atoms with Crippen LogP contribution in [-0.4, -0.2) is 99.5 Å². The summed E-state index contributed by atoms with van der Waals surface area (Å²) < 4.78 is 0. The monoisotopic (exact) mass is 315 g/mol. The molecule has 0 radical (unpaired) electrons. The second kappa shape index (κ2) is 13.5. The molecule has 0 saturated heterocycles. The Balaban J connectivity index is 3.48. The van der Waals surface area contributed by atoms with E-state index in [9.17, 15) is 4.79 Å². The van der Waals surface area contributed by atoms with Gasteiger partial charge in [-0.15, -0.1) is 0 Å². The van der Waals surface area contributed by atoms with E-state index in [2.05, 4.69) is 53.4 Å². The number of carbonyl (C=O) groups excluding carboxylic acids is 1. The van der Waals surface area contributed by atoms with Gasteiger partial charge in [0, 0.05) is 6.54 Å².